The normalized spacial score (nSPS) is 18.2. The van der Waals surface area contributed by atoms with E-state index in [0.29, 0.717) is 17.1 Å². The number of benzene rings is 2. The van der Waals surface area contributed by atoms with Crippen LogP contribution in [0.2, 0.25) is 0 Å². The van der Waals surface area contributed by atoms with Crippen LogP contribution in [0.1, 0.15) is 17.5 Å². The maximum Gasteiger partial charge on any atom is 0.328 e. The van der Waals surface area contributed by atoms with Crippen molar-refractivity contribution in [2.75, 3.05) is 27.9 Å². The summed E-state index contributed by atoms with van der Waals surface area (Å²) in [4.78, 5) is 26.5. The number of hydrogen-bond donors (Lipinski definition) is 0. The number of likely N-dealkylation sites (tertiary alicyclic amines) is 1. The van der Waals surface area contributed by atoms with Crippen LogP contribution in [0.5, 0.6) is 11.5 Å². The molecule has 9 nitrogen and oxygen atoms in total. The molecule has 34 heavy (non-hydrogen) atoms. The number of carbonyl (C=O) groups excluding carboxylic acids is 2. The molecule has 0 saturated carbocycles. The molecule has 10 heteroatoms. The van der Waals surface area contributed by atoms with Gasteiger partial charge in [-0.1, -0.05) is 23.8 Å². The second kappa shape index (κ2) is 10.7. The van der Waals surface area contributed by atoms with Crippen molar-refractivity contribution in [1.82, 2.24) is 4.90 Å². The summed E-state index contributed by atoms with van der Waals surface area (Å²) in [5, 5.41) is 0. The molecule has 2 aromatic rings. The minimum absolute atomic E-state index is 0.00541. The van der Waals surface area contributed by atoms with Gasteiger partial charge in [0.1, 0.15) is 6.04 Å². The number of nitrogens with zero attached hydrogens (tertiary/aromatic N) is 1. The van der Waals surface area contributed by atoms with Crippen molar-refractivity contribution in [2.24, 2.45) is 0 Å². The smallest absolute Gasteiger partial charge is 0.328 e. The maximum absolute atomic E-state index is 12.9. The molecule has 2 aromatic carbocycles. The molecule has 0 radical (unpaired) electrons. The molecular weight excluding hydrogens is 462 g/mol. The molecule has 1 aliphatic rings. The topological polar surface area (TPSA) is 108 Å². The highest BCUT2D eigenvalue weighted by Crippen LogP contribution is 2.29. The van der Waals surface area contributed by atoms with Crippen molar-refractivity contribution in [2.45, 2.75) is 30.4 Å². The fraction of sp³-hybridized carbons (Fsp3) is 0.333. The Morgan fingerprint density at radius 2 is 1.68 bits per heavy atom. The van der Waals surface area contributed by atoms with E-state index in [9.17, 15) is 18.0 Å². The quantitative estimate of drug-likeness (QED) is 0.316. The summed E-state index contributed by atoms with van der Waals surface area (Å²) in [6.07, 6.45) is 1.96. The summed E-state index contributed by atoms with van der Waals surface area (Å²) in [6, 6.07) is 10.4. The second-order valence-electron chi connectivity index (χ2n) is 7.70. The molecule has 1 aliphatic heterocycles. The summed E-state index contributed by atoms with van der Waals surface area (Å²) in [5.74, 6) is -0.0812. The summed E-state index contributed by atoms with van der Waals surface area (Å²) >= 11 is 0. The van der Waals surface area contributed by atoms with Crippen molar-refractivity contribution in [1.29, 1.82) is 0 Å². The van der Waals surface area contributed by atoms with Gasteiger partial charge in [0.25, 0.3) is 10.1 Å². The number of rotatable bonds is 8. The van der Waals surface area contributed by atoms with E-state index in [-0.39, 0.29) is 17.9 Å². The highest BCUT2D eigenvalue weighted by molar-refractivity contribution is 7.86. The van der Waals surface area contributed by atoms with Gasteiger partial charge < -0.3 is 19.1 Å². The Morgan fingerprint density at radius 1 is 1.00 bits per heavy atom. The monoisotopic (exact) mass is 489 g/mol. The van der Waals surface area contributed by atoms with E-state index in [4.69, 9.17) is 18.4 Å². The standard InChI is InChI=1S/C24H27NO8S/c1-16-5-9-19(10-6-16)34(28,29)33-18-14-20(24(27)32-4)25(15-18)23(26)12-8-17-7-11-21(30-2)22(13-17)31-3/h5-13,18,20H,14-15H2,1-4H3/b12-8+. The highest BCUT2D eigenvalue weighted by Gasteiger charge is 2.42. The molecular formula is C24H27NO8S. The Morgan fingerprint density at radius 3 is 2.29 bits per heavy atom. The van der Waals surface area contributed by atoms with Crippen LogP contribution < -0.4 is 9.47 Å². The van der Waals surface area contributed by atoms with Crippen LogP contribution in [0.25, 0.3) is 6.08 Å². The van der Waals surface area contributed by atoms with Crippen LogP contribution in [0.4, 0.5) is 0 Å². The van der Waals surface area contributed by atoms with E-state index in [1.54, 1.807) is 36.4 Å². The summed E-state index contributed by atoms with van der Waals surface area (Å²) in [6.45, 7) is 1.76. The van der Waals surface area contributed by atoms with Gasteiger partial charge in [0, 0.05) is 19.0 Å². The molecule has 0 N–H and O–H groups in total. The minimum atomic E-state index is -4.07. The van der Waals surface area contributed by atoms with E-state index in [0.717, 1.165) is 5.56 Å². The van der Waals surface area contributed by atoms with Gasteiger partial charge in [-0.2, -0.15) is 8.42 Å². The summed E-state index contributed by atoms with van der Waals surface area (Å²) in [7, 11) is 0.170. The van der Waals surface area contributed by atoms with Gasteiger partial charge in [0.15, 0.2) is 11.5 Å². The Hall–Kier alpha value is -3.37. The van der Waals surface area contributed by atoms with E-state index in [2.05, 4.69) is 0 Å². The predicted octanol–water partition coefficient (Wildman–Crippen LogP) is 2.57. The van der Waals surface area contributed by atoms with Crippen LogP contribution in [-0.2, 0) is 28.6 Å². The first-order chi connectivity index (χ1) is 16.2. The first-order valence-electron chi connectivity index (χ1n) is 10.5. The number of carbonyl (C=O) groups is 2. The van der Waals surface area contributed by atoms with E-state index in [1.165, 1.54) is 44.4 Å². The number of ether oxygens (including phenoxy) is 3. The predicted molar refractivity (Wildman–Crippen MR) is 124 cm³/mol. The van der Waals surface area contributed by atoms with Crippen LogP contribution in [0.15, 0.2) is 53.4 Å². The third-order valence-electron chi connectivity index (χ3n) is 5.42. The molecule has 2 atom stereocenters. The zero-order chi connectivity index (χ0) is 24.9. The van der Waals surface area contributed by atoms with Crippen molar-refractivity contribution >= 4 is 28.1 Å². The van der Waals surface area contributed by atoms with Crippen LogP contribution in [0, 0.1) is 6.92 Å². The first kappa shape index (κ1) is 25.3. The Labute approximate surface area is 199 Å². The lowest BCUT2D eigenvalue weighted by Gasteiger charge is -2.20. The van der Waals surface area contributed by atoms with Gasteiger partial charge >= 0.3 is 5.97 Å². The molecule has 0 aliphatic carbocycles. The zero-order valence-corrected chi connectivity index (χ0v) is 20.2. The lowest BCUT2D eigenvalue weighted by Crippen LogP contribution is -2.40. The first-order valence-corrected chi connectivity index (χ1v) is 11.9. The number of hydrogen-bond acceptors (Lipinski definition) is 8. The van der Waals surface area contributed by atoms with E-state index in [1.807, 2.05) is 6.92 Å². The number of methoxy groups -OCH3 is 3. The van der Waals surface area contributed by atoms with Gasteiger partial charge in [-0.3, -0.25) is 8.98 Å². The number of amides is 1. The summed E-state index contributed by atoms with van der Waals surface area (Å²) < 4.78 is 46.0. The molecule has 1 saturated heterocycles. The second-order valence-corrected chi connectivity index (χ2v) is 9.27. The largest absolute Gasteiger partial charge is 0.493 e. The molecule has 3 rings (SSSR count). The zero-order valence-electron chi connectivity index (χ0n) is 19.4. The van der Waals surface area contributed by atoms with Gasteiger partial charge in [-0.05, 0) is 42.8 Å². The van der Waals surface area contributed by atoms with E-state index >= 15 is 0 Å². The lowest BCUT2D eigenvalue weighted by molar-refractivity contribution is -0.149. The molecule has 2 unspecified atom stereocenters. The maximum atomic E-state index is 12.9. The van der Waals surface area contributed by atoms with Crippen LogP contribution >= 0.6 is 0 Å². The van der Waals surface area contributed by atoms with Crippen molar-refractivity contribution in [3.8, 4) is 11.5 Å². The minimum Gasteiger partial charge on any atom is -0.493 e. The molecule has 1 heterocycles. The van der Waals surface area contributed by atoms with Crippen LogP contribution in [-0.4, -0.2) is 65.2 Å². The van der Waals surface area contributed by atoms with Gasteiger partial charge in [0.05, 0.1) is 32.3 Å². The molecule has 1 amide bonds. The fourth-order valence-corrected chi connectivity index (χ4v) is 4.71. The SMILES string of the molecule is COC(=O)C1CC(OS(=O)(=O)c2ccc(C)cc2)CN1C(=O)/C=C/c1ccc(OC)c(OC)c1. The third kappa shape index (κ3) is 5.75. The average molecular weight is 490 g/mol. The molecule has 0 spiro atoms. The lowest BCUT2D eigenvalue weighted by atomic mass is 10.1. The van der Waals surface area contributed by atoms with Gasteiger partial charge in [0.2, 0.25) is 5.91 Å². The average Bonchev–Trinajstić information content (AvgIpc) is 3.25. The summed E-state index contributed by atoms with van der Waals surface area (Å²) in [5.41, 5.74) is 1.58. The number of esters is 1. The van der Waals surface area contributed by atoms with Gasteiger partial charge in [-0.25, -0.2) is 4.79 Å². The molecule has 0 aromatic heterocycles. The van der Waals surface area contributed by atoms with Gasteiger partial charge in [-0.15, -0.1) is 0 Å². The fourth-order valence-electron chi connectivity index (χ4n) is 3.63. The number of aryl methyl sites for hydroxylation is 1. The Kier molecular flexibility index (Phi) is 7.95. The molecule has 1 fully saturated rings. The molecule has 0 bridgehead atoms. The molecule has 182 valence electrons. The van der Waals surface area contributed by atoms with Crippen molar-refractivity contribution in [3.63, 3.8) is 0 Å². The van der Waals surface area contributed by atoms with E-state index < -0.39 is 34.1 Å². The Balaban J connectivity index is 1.77. The van der Waals surface area contributed by atoms with Crippen molar-refractivity contribution in [3.05, 3.63) is 59.7 Å². The van der Waals surface area contributed by atoms with Crippen molar-refractivity contribution < 1.29 is 36.4 Å². The van der Waals surface area contributed by atoms with Crippen LogP contribution in [0.3, 0.4) is 0 Å². The Bertz CT molecular complexity index is 1170. The highest BCUT2D eigenvalue weighted by atomic mass is 32.2. The third-order valence-corrected chi connectivity index (χ3v) is 6.79.